The number of rotatable bonds is 6. The molecular formula is C26H33N3O2. The van der Waals surface area contributed by atoms with E-state index in [1.165, 1.54) is 32.1 Å². The van der Waals surface area contributed by atoms with Crippen LogP contribution >= 0.6 is 0 Å². The lowest BCUT2D eigenvalue weighted by atomic mass is 9.86. The van der Waals surface area contributed by atoms with E-state index in [1.807, 2.05) is 48.5 Å². The number of nitrogens with one attached hydrogen (secondary N) is 1. The third-order valence-corrected chi connectivity index (χ3v) is 6.54. The van der Waals surface area contributed by atoms with Gasteiger partial charge in [0.1, 0.15) is 0 Å². The molecule has 2 fully saturated rings. The molecule has 5 nitrogen and oxygen atoms in total. The lowest BCUT2D eigenvalue weighted by Crippen LogP contribution is -2.48. The fourth-order valence-corrected chi connectivity index (χ4v) is 4.72. The van der Waals surface area contributed by atoms with Crippen LogP contribution in [-0.4, -0.2) is 47.8 Å². The summed E-state index contributed by atoms with van der Waals surface area (Å²) in [6.45, 7) is 4.18. The minimum absolute atomic E-state index is 0.0915. The summed E-state index contributed by atoms with van der Waals surface area (Å²) in [7, 11) is 0. The first-order valence-electron chi connectivity index (χ1n) is 11.6. The van der Waals surface area contributed by atoms with Gasteiger partial charge in [-0.3, -0.25) is 14.5 Å². The average molecular weight is 420 g/mol. The Hall–Kier alpha value is -2.66. The first kappa shape index (κ1) is 21.6. The normalized spacial score (nSPS) is 18.0. The highest BCUT2D eigenvalue weighted by Crippen LogP contribution is 2.27. The van der Waals surface area contributed by atoms with Gasteiger partial charge in [0.05, 0.1) is 0 Å². The second-order valence-corrected chi connectivity index (χ2v) is 8.89. The van der Waals surface area contributed by atoms with E-state index in [4.69, 9.17) is 0 Å². The van der Waals surface area contributed by atoms with Crippen LogP contribution in [0.4, 0.5) is 5.69 Å². The number of nitrogens with zero attached hydrogens (tertiary/aromatic N) is 2. The van der Waals surface area contributed by atoms with E-state index in [-0.39, 0.29) is 5.91 Å². The molecule has 5 heteroatoms. The Morgan fingerprint density at radius 3 is 2.35 bits per heavy atom. The summed E-state index contributed by atoms with van der Waals surface area (Å²) in [5.74, 6) is 0.848. The molecule has 31 heavy (non-hydrogen) atoms. The Balaban J connectivity index is 1.26. The Kier molecular flexibility index (Phi) is 7.36. The predicted octanol–water partition coefficient (Wildman–Crippen LogP) is 4.55. The molecule has 1 heterocycles. The molecule has 0 unspecified atom stereocenters. The molecule has 1 saturated heterocycles. The van der Waals surface area contributed by atoms with Crippen LogP contribution in [0, 0.1) is 5.92 Å². The summed E-state index contributed by atoms with van der Waals surface area (Å²) in [5.41, 5.74) is 2.59. The Labute approximate surface area is 185 Å². The Morgan fingerprint density at radius 1 is 0.871 bits per heavy atom. The molecule has 2 aromatic carbocycles. The first-order chi connectivity index (χ1) is 15.2. The number of carbonyl (C=O) groups is 2. The number of para-hydroxylation sites is 1. The molecule has 0 spiro atoms. The molecule has 1 N–H and O–H groups in total. The summed E-state index contributed by atoms with van der Waals surface area (Å²) in [5, 5.41) is 2.94. The summed E-state index contributed by atoms with van der Waals surface area (Å²) >= 11 is 0. The molecule has 164 valence electrons. The fraction of sp³-hybridized carbons (Fsp3) is 0.462. The second kappa shape index (κ2) is 10.6. The maximum absolute atomic E-state index is 12.7. The van der Waals surface area contributed by atoms with Crippen LogP contribution in [0.2, 0.25) is 0 Å². The first-order valence-corrected chi connectivity index (χ1v) is 11.6. The van der Waals surface area contributed by atoms with E-state index in [2.05, 4.69) is 21.2 Å². The van der Waals surface area contributed by atoms with Crippen LogP contribution in [-0.2, 0) is 11.3 Å². The van der Waals surface area contributed by atoms with Crippen molar-refractivity contribution in [3.8, 4) is 0 Å². The van der Waals surface area contributed by atoms with Gasteiger partial charge >= 0.3 is 0 Å². The number of amides is 2. The monoisotopic (exact) mass is 419 g/mol. The molecule has 1 aliphatic carbocycles. The van der Waals surface area contributed by atoms with E-state index in [0.29, 0.717) is 17.4 Å². The fourth-order valence-electron chi connectivity index (χ4n) is 4.72. The minimum atomic E-state index is -0.0915. The van der Waals surface area contributed by atoms with Crippen molar-refractivity contribution in [3.05, 3.63) is 65.7 Å². The molecule has 0 atom stereocenters. The summed E-state index contributed by atoms with van der Waals surface area (Å²) in [6, 6.07) is 17.4. The quantitative estimate of drug-likeness (QED) is 0.747. The van der Waals surface area contributed by atoms with Gasteiger partial charge in [0, 0.05) is 50.4 Å². The van der Waals surface area contributed by atoms with Crippen molar-refractivity contribution >= 4 is 17.5 Å². The van der Waals surface area contributed by atoms with Crippen LogP contribution in [0.5, 0.6) is 0 Å². The van der Waals surface area contributed by atoms with Crippen LogP contribution in [0.15, 0.2) is 54.6 Å². The van der Waals surface area contributed by atoms with Crippen molar-refractivity contribution in [2.45, 2.75) is 45.1 Å². The van der Waals surface area contributed by atoms with Gasteiger partial charge in [-0.25, -0.2) is 0 Å². The molecule has 0 bridgehead atoms. The van der Waals surface area contributed by atoms with Gasteiger partial charge in [-0.2, -0.15) is 0 Å². The maximum atomic E-state index is 12.7. The highest BCUT2D eigenvalue weighted by atomic mass is 16.2. The number of carbonyl (C=O) groups excluding carboxylic acids is 2. The van der Waals surface area contributed by atoms with Crippen LogP contribution in [0.3, 0.4) is 0 Å². The molecule has 1 saturated carbocycles. The van der Waals surface area contributed by atoms with E-state index in [9.17, 15) is 9.59 Å². The van der Waals surface area contributed by atoms with Crippen LogP contribution < -0.4 is 5.32 Å². The summed E-state index contributed by atoms with van der Waals surface area (Å²) in [4.78, 5) is 29.7. The van der Waals surface area contributed by atoms with Crippen LogP contribution in [0.1, 0.15) is 54.4 Å². The Morgan fingerprint density at radius 2 is 1.61 bits per heavy atom. The van der Waals surface area contributed by atoms with Gasteiger partial charge in [-0.05, 0) is 48.6 Å². The standard InChI is InChI=1S/C26H33N3O2/c30-25(19-21-8-3-1-4-9-21)29-16-14-28(15-17-29)20-22-10-7-11-23(18-22)26(31)27-24-12-5-2-6-13-24/h2,5-7,10-13,18,21H,1,3-4,8-9,14-17,19-20H2,(H,27,31). The van der Waals surface area contributed by atoms with Crippen molar-refractivity contribution in [1.82, 2.24) is 9.80 Å². The summed E-state index contributed by atoms with van der Waals surface area (Å²) in [6.07, 6.45) is 7.08. The largest absolute Gasteiger partial charge is 0.340 e. The molecular weight excluding hydrogens is 386 g/mol. The smallest absolute Gasteiger partial charge is 0.255 e. The number of hydrogen-bond acceptors (Lipinski definition) is 3. The molecule has 2 amide bonds. The van der Waals surface area contributed by atoms with Crippen molar-refractivity contribution in [2.75, 3.05) is 31.5 Å². The third-order valence-electron chi connectivity index (χ3n) is 6.54. The predicted molar refractivity (Wildman–Crippen MR) is 124 cm³/mol. The zero-order valence-corrected chi connectivity index (χ0v) is 18.3. The highest BCUT2D eigenvalue weighted by molar-refractivity contribution is 6.04. The zero-order chi connectivity index (χ0) is 21.5. The highest BCUT2D eigenvalue weighted by Gasteiger charge is 2.24. The van der Waals surface area contributed by atoms with Crippen molar-refractivity contribution in [2.24, 2.45) is 5.92 Å². The Bertz CT molecular complexity index is 869. The number of piperazine rings is 1. The molecule has 4 rings (SSSR count). The van der Waals surface area contributed by atoms with E-state index in [0.717, 1.165) is 50.4 Å². The van der Waals surface area contributed by atoms with E-state index in [1.54, 1.807) is 0 Å². The van der Waals surface area contributed by atoms with Crippen LogP contribution in [0.25, 0.3) is 0 Å². The number of anilines is 1. The van der Waals surface area contributed by atoms with E-state index < -0.39 is 0 Å². The van der Waals surface area contributed by atoms with Crippen molar-refractivity contribution < 1.29 is 9.59 Å². The summed E-state index contributed by atoms with van der Waals surface area (Å²) < 4.78 is 0. The van der Waals surface area contributed by atoms with Gasteiger partial charge in [0.2, 0.25) is 5.91 Å². The number of benzene rings is 2. The van der Waals surface area contributed by atoms with Gasteiger partial charge in [-0.15, -0.1) is 0 Å². The molecule has 2 aromatic rings. The number of hydrogen-bond donors (Lipinski definition) is 1. The van der Waals surface area contributed by atoms with Gasteiger partial charge in [-0.1, -0.05) is 49.6 Å². The second-order valence-electron chi connectivity index (χ2n) is 8.89. The van der Waals surface area contributed by atoms with Gasteiger partial charge in [0.15, 0.2) is 0 Å². The molecule has 1 aliphatic heterocycles. The third kappa shape index (κ3) is 6.17. The van der Waals surface area contributed by atoms with E-state index >= 15 is 0 Å². The van der Waals surface area contributed by atoms with Crippen molar-refractivity contribution in [1.29, 1.82) is 0 Å². The minimum Gasteiger partial charge on any atom is -0.340 e. The lowest BCUT2D eigenvalue weighted by molar-refractivity contribution is -0.134. The molecule has 0 aromatic heterocycles. The van der Waals surface area contributed by atoms with Gasteiger partial charge in [0.25, 0.3) is 5.91 Å². The van der Waals surface area contributed by atoms with Gasteiger partial charge < -0.3 is 10.2 Å². The maximum Gasteiger partial charge on any atom is 0.255 e. The molecule has 2 aliphatic rings. The lowest BCUT2D eigenvalue weighted by Gasteiger charge is -2.35. The SMILES string of the molecule is O=C(Nc1ccccc1)c1cccc(CN2CCN(C(=O)CC3CCCCC3)CC2)c1. The average Bonchev–Trinajstić information content (AvgIpc) is 2.81. The molecule has 0 radical (unpaired) electrons. The zero-order valence-electron chi connectivity index (χ0n) is 18.3. The topological polar surface area (TPSA) is 52.7 Å². The van der Waals surface area contributed by atoms with Crippen molar-refractivity contribution in [3.63, 3.8) is 0 Å².